The van der Waals surface area contributed by atoms with Crippen molar-refractivity contribution in [2.75, 3.05) is 0 Å². The second-order valence-electron chi connectivity index (χ2n) is 9.16. The minimum atomic E-state index is -2.44. The Balaban J connectivity index is 1.86. The van der Waals surface area contributed by atoms with Crippen molar-refractivity contribution in [2.45, 2.75) is 51.9 Å². The summed E-state index contributed by atoms with van der Waals surface area (Å²) >= 11 is 0. The molecule has 0 bridgehead atoms. The van der Waals surface area contributed by atoms with Crippen molar-refractivity contribution in [2.24, 2.45) is 4.99 Å². The first-order valence-corrected chi connectivity index (χ1v) is 11.3. The van der Waals surface area contributed by atoms with Gasteiger partial charge in [-0.1, -0.05) is 30.3 Å². The molecule has 2 heterocycles. The van der Waals surface area contributed by atoms with Gasteiger partial charge in [0.2, 0.25) is 0 Å². The quantitative estimate of drug-likeness (QED) is 0.426. The topological polar surface area (TPSA) is 49.3 Å². The molecular weight excluding hydrogens is 372 g/mol. The predicted molar refractivity (Wildman–Crippen MR) is 116 cm³/mol. The third-order valence-corrected chi connectivity index (χ3v) is 10.2. The Hall–Kier alpha value is -2.04. The monoisotopic (exact) mass is 399 g/mol. The van der Waals surface area contributed by atoms with Crippen molar-refractivity contribution in [3.8, 4) is 11.5 Å². The van der Waals surface area contributed by atoms with Crippen LogP contribution in [-0.4, -0.2) is 22.9 Å². The maximum Gasteiger partial charge on any atom is 0.752 e. The van der Waals surface area contributed by atoms with E-state index in [2.05, 4.69) is 41.5 Å². The normalized spacial score (nSPS) is 21.1. The van der Waals surface area contributed by atoms with Crippen molar-refractivity contribution < 1.29 is 18.4 Å². The zero-order valence-electron chi connectivity index (χ0n) is 17.3. The molecule has 2 aromatic carbocycles. The van der Waals surface area contributed by atoms with E-state index < -0.39 is 14.4 Å². The van der Waals surface area contributed by atoms with E-state index in [1.54, 1.807) is 0 Å². The van der Waals surface area contributed by atoms with Crippen molar-refractivity contribution >= 4 is 25.8 Å². The van der Waals surface area contributed by atoms with Gasteiger partial charge in [0.1, 0.15) is 21.8 Å². The van der Waals surface area contributed by atoms with Gasteiger partial charge in [-0.2, -0.15) is 4.99 Å². The Morgan fingerprint density at radius 1 is 0.714 bits per heavy atom. The highest BCUT2D eigenvalue weighted by molar-refractivity contribution is 7.91. The van der Waals surface area contributed by atoms with E-state index in [0.29, 0.717) is 17.1 Å². The molecule has 2 aliphatic heterocycles. The highest BCUT2D eigenvalue weighted by Crippen LogP contribution is 2.82. The number of fused-ring (bicyclic) bond motifs is 1. The van der Waals surface area contributed by atoms with Gasteiger partial charge in [0.25, 0.3) is 0 Å². The van der Waals surface area contributed by atoms with Crippen LogP contribution in [0.5, 0.6) is 11.5 Å². The zero-order valence-corrected chi connectivity index (χ0v) is 18.2. The fourth-order valence-corrected chi connectivity index (χ4v) is 9.07. The van der Waals surface area contributed by atoms with E-state index in [-0.39, 0.29) is 10.3 Å². The van der Waals surface area contributed by atoms with Crippen molar-refractivity contribution in [1.29, 1.82) is 0 Å². The molecule has 0 aliphatic carbocycles. The summed E-state index contributed by atoms with van der Waals surface area (Å²) in [5.41, 5.74) is 1.41. The Morgan fingerprint density at radius 3 is 1.71 bits per heavy atom. The van der Waals surface area contributed by atoms with Crippen molar-refractivity contribution in [3.05, 3.63) is 54.6 Å². The Bertz CT molecular complexity index is 879. The molecular formula is C21H27BNO4P. The van der Waals surface area contributed by atoms with Crippen LogP contribution < -0.4 is 9.31 Å². The van der Waals surface area contributed by atoms with Crippen LogP contribution in [0.15, 0.2) is 59.6 Å². The molecule has 0 amide bonds. The molecule has 28 heavy (non-hydrogen) atoms. The van der Waals surface area contributed by atoms with Gasteiger partial charge in [-0.05, 0) is 65.8 Å². The number of nitrogens with zero attached hydrogens (tertiary/aromatic N) is 1. The molecule has 0 saturated carbocycles. The number of benzene rings is 2. The zero-order chi connectivity index (χ0) is 20.2. The third-order valence-electron chi connectivity index (χ3n) is 5.07. The molecule has 0 aromatic heterocycles. The van der Waals surface area contributed by atoms with Crippen LogP contribution in [0.2, 0.25) is 0 Å². The number of para-hydroxylation sites is 3. The molecule has 1 spiro atoms. The van der Waals surface area contributed by atoms with Gasteiger partial charge < -0.3 is 18.4 Å². The summed E-state index contributed by atoms with van der Waals surface area (Å²) in [6.07, 6.45) is 0. The highest BCUT2D eigenvalue weighted by Gasteiger charge is 2.75. The van der Waals surface area contributed by atoms with E-state index in [9.17, 15) is 0 Å². The molecule has 0 radical (unpaired) electrons. The maximum atomic E-state index is 6.77. The van der Waals surface area contributed by atoms with Gasteiger partial charge in [-0.3, -0.25) is 0 Å². The second kappa shape index (κ2) is 6.23. The molecule has 7 heteroatoms. The molecule has 1 saturated heterocycles. The summed E-state index contributed by atoms with van der Waals surface area (Å²) in [6, 6.07) is 17.3. The molecule has 148 valence electrons. The van der Waals surface area contributed by atoms with Crippen LogP contribution in [0.4, 0.5) is 5.69 Å². The average molecular weight is 399 g/mol. The smallest absolute Gasteiger partial charge is 0.618 e. The largest absolute Gasteiger partial charge is 0.752 e. The van der Waals surface area contributed by atoms with Gasteiger partial charge in [0.05, 0.1) is 5.69 Å². The predicted octanol–water partition coefficient (Wildman–Crippen LogP) is 6.16. The molecule has 0 atom stereocenters. The lowest BCUT2D eigenvalue weighted by Gasteiger charge is -2.42. The summed E-state index contributed by atoms with van der Waals surface area (Å²) in [5, 5.41) is -0.461. The lowest BCUT2D eigenvalue weighted by atomic mass is 10.1. The molecule has 0 unspecified atom stereocenters. The number of aliphatic imine (C=N–C) groups is 1. The molecule has 5 nitrogen and oxygen atoms in total. The Morgan fingerprint density at radius 2 is 1.21 bits per heavy atom. The van der Waals surface area contributed by atoms with Crippen molar-refractivity contribution in [1.82, 2.24) is 0 Å². The van der Waals surface area contributed by atoms with Gasteiger partial charge in [0, 0.05) is 0 Å². The van der Waals surface area contributed by atoms with Crippen LogP contribution in [0.3, 0.4) is 0 Å². The van der Waals surface area contributed by atoms with Gasteiger partial charge >= 0.3 is 12.6 Å². The van der Waals surface area contributed by atoms with E-state index in [4.69, 9.17) is 23.4 Å². The van der Waals surface area contributed by atoms with E-state index in [0.717, 1.165) is 5.69 Å². The molecule has 0 N–H and O–H groups in total. The maximum absolute atomic E-state index is 6.77. The summed E-state index contributed by atoms with van der Waals surface area (Å²) < 4.78 is 25.4. The Labute approximate surface area is 167 Å². The number of rotatable bonds is 1. The summed E-state index contributed by atoms with van der Waals surface area (Å²) in [7, 11) is -2.43. The first kappa shape index (κ1) is 19.3. The molecule has 2 aliphatic rings. The minimum Gasteiger partial charge on any atom is -0.618 e. The van der Waals surface area contributed by atoms with Crippen LogP contribution >= 0.6 is 7.49 Å². The second-order valence-corrected chi connectivity index (χ2v) is 13.7. The fourth-order valence-electron chi connectivity index (χ4n) is 4.14. The lowest BCUT2D eigenvalue weighted by Crippen LogP contribution is -2.48. The van der Waals surface area contributed by atoms with E-state index in [1.807, 2.05) is 54.6 Å². The van der Waals surface area contributed by atoms with Gasteiger partial charge in [-0.15, -0.1) is 0 Å². The van der Waals surface area contributed by atoms with E-state index in [1.165, 1.54) is 0 Å². The summed E-state index contributed by atoms with van der Waals surface area (Å²) in [4.78, 5) is 4.90. The highest BCUT2D eigenvalue weighted by atomic mass is 31.2. The SMILES string of the molecule is CC(C)(C)[P+]1(C(C)(C)C)O[B-]2(OC1=Nc1ccccc1)Oc1ccccc1O2. The number of hydrogen-bond acceptors (Lipinski definition) is 5. The van der Waals surface area contributed by atoms with E-state index >= 15 is 0 Å². The van der Waals surface area contributed by atoms with Crippen LogP contribution in [0.25, 0.3) is 0 Å². The lowest BCUT2D eigenvalue weighted by molar-refractivity contribution is 0.209. The third kappa shape index (κ3) is 2.90. The fraction of sp³-hybridized carbons (Fsp3) is 0.381. The molecule has 4 rings (SSSR count). The summed E-state index contributed by atoms with van der Waals surface area (Å²) in [6.45, 7) is 10.6. The molecule has 1 fully saturated rings. The minimum absolute atomic E-state index is 0.231. The standard InChI is InChI=1S/C21H27BNO4P/c1-20(2,3)28(21(4,5)6)19(23-16-12-8-7-9-13-16)26-22(27-28)24-17-14-10-11-15-18(17)25-22/h7-15H,1-6H3. The number of hydrogen-bond donors (Lipinski definition) is 0. The van der Waals surface area contributed by atoms with Crippen LogP contribution in [0.1, 0.15) is 41.5 Å². The Kier molecular flexibility index (Phi) is 4.29. The molecule has 2 aromatic rings. The first-order valence-electron chi connectivity index (χ1n) is 9.59. The van der Waals surface area contributed by atoms with Crippen LogP contribution in [-0.2, 0) is 9.10 Å². The summed E-state index contributed by atoms with van der Waals surface area (Å²) in [5.74, 6) is 1.26. The van der Waals surface area contributed by atoms with Gasteiger partial charge in [-0.25, -0.2) is 0 Å². The first-order chi connectivity index (χ1) is 13.1. The van der Waals surface area contributed by atoms with Gasteiger partial charge in [0.15, 0.2) is 7.49 Å². The average Bonchev–Trinajstić information content (AvgIpc) is 3.12. The van der Waals surface area contributed by atoms with Crippen LogP contribution in [0, 0.1) is 0 Å². The van der Waals surface area contributed by atoms with Crippen molar-refractivity contribution in [3.63, 3.8) is 0 Å².